The first-order valence-electron chi connectivity index (χ1n) is 6.32. The lowest BCUT2D eigenvalue weighted by molar-refractivity contribution is 0.233. The van der Waals surface area contributed by atoms with Crippen molar-refractivity contribution in [2.24, 2.45) is 16.3 Å². The van der Waals surface area contributed by atoms with Gasteiger partial charge in [-0.15, -0.1) is 0 Å². The molecule has 0 atom stereocenters. The molecule has 0 radical (unpaired) electrons. The summed E-state index contributed by atoms with van der Waals surface area (Å²) < 4.78 is 5.94. The Morgan fingerprint density at radius 1 is 1.42 bits per heavy atom. The fourth-order valence-electron chi connectivity index (χ4n) is 2.32. The van der Waals surface area contributed by atoms with Gasteiger partial charge in [-0.05, 0) is 49.9 Å². The van der Waals surface area contributed by atoms with Gasteiger partial charge < -0.3 is 15.7 Å². The largest absolute Gasteiger partial charge is 0.492 e. The van der Waals surface area contributed by atoms with Gasteiger partial charge in [-0.3, -0.25) is 0 Å². The van der Waals surface area contributed by atoms with Gasteiger partial charge in [-0.1, -0.05) is 16.8 Å². The van der Waals surface area contributed by atoms with E-state index >= 15 is 0 Å². The molecule has 0 aromatic heterocycles. The van der Waals surface area contributed by atoms with Crippen molar-refractivity contribution in [2.75, 3.05) is 6.61 Å². The van der Waals surface area contributed by atoms with E-state index in [0.717, 1.165) is 34.7 Å². The van der Waals surface area contributed by atoms with Crippen LogP contribution in [-0.4, -0.2) is 17.6 Å². The third-order valence-electron chi connectivity index (χ3n) is 3.59. The molecule has 1 aromatic carbocycles. The predicted molar refractivity (Wildman–Crippen MR) is 76.1 cm³/mol. The van der Waals surface area contributed by atoms with Crippen molar-refractivity contribution in [1.82, 2.24) is 0 Å². The summed E-state index contributed by atoms with van der Waals surface area (Å²) in [4.78, 5) is 0. The zero-order chi connectivity index (χ0) is 14.0. The van der Waals surface area contributed by atoms with Crippen molar-refractivity contribution in [3.8, 4) is 5.75 Å². The standard InChI is InChI=1S/C14H19ClN2O2/c1-9-5-11(15)6-10(2)13(9)19-8-14(3-4-14)7-12(16)17-18/h5-6,18H,3-4,7-8H2,1-2H3,(H2,16,17). The van der Waals surface area contributed by atoms with Gasteiger partial charge >= 0.3 is 0 Å². The molecule has 5 heteroatoms. The van der Waals surface area contributed by atoms with Crippen molar-refractivity contribution < 1.29 is 9.94 Å². The highest BCUT2D eigenvalue weighted by atomic mass is 35.5. The van der Waals surface area contributed by atoms with Gasteiger partial charge in [0, 0.05) is 16.9 Å². The number of aryl methyl sites for hydroxylation is 2. The Morgan fingerprint density at radius 2 is 2.00 bits per heavy atom. The molecule has 0 spiro atoms. The minimum absolute atomic E-state index is 0.0365. The first-order chi connectivity index (χ1) is 8.96. The van der Waals surface area contributed by atoms with Crippen LogP contribution >= 0.6 is 11.6 Å². The van der Waals surface area contributed by atoms with Crippen LogP contribution in [0.1, 0.15) is 30.4 Å². The molecule has 1 fully saturated rings. The van der Waals surface area contributed by atoms with E-state index in [4.69, 9.17) is 27.3 Å². The van der Waals surface area contributed by atoms with Crippen molar-refractivity contribution in [2.45, 2.75) is 33.1 Å². The molecule has 0 bridgehead atoms. The molecular formula is C14H19ClN2O2. The van der Waals surface area contributed by atoms with Crippen LogP contribution in [0.2, 0.25) is 5.02 Å². The first kappa shape index (κ1) is 14.0. The van der Waals surface area contributed by atoms with E-state index < -0.39 is 0 Å². The Labute approximate surface area is 118 Å². The van der Waals surface area contributed by atoms with E-state index in [1.807, 2.05) is 26.0 Å². The van der Waals surface area contributed by atoms with E-state index in [1.165, 1.54) is 0 Å². The number of rotatable bonds is 5. The molecule has 4 nitrogen and oxygen atoms in total. The van der Waals surface area contributed by atoms with Crippen LogP contribution in [0.25, 0.3) is 0 Å². The lowest BCUT2D eigenvalue weighted by Crippen LogP contribution is -2.23. The van der Waals surface area contributed by atoms with Crippen LogP contribution in [0.3, 0.4) is 0 Å². The van der Waals surface area contributed by atoms with E-state index in [0.29, 0.717) is 13.0 Å². The van der Waals surface area contributed by atoms with Crippen molar-refractivity contribution >= 4 is 17.4 Å². The number of oxime groups is 1. The minimum Gasteiger partial charge on any atom is -0.492 e. The second-order valence-electron chi connectivity index (χ2n) is 5.43. The molecule has 1 aliphatic carbocycles. The summed E-state index contributed by atoms with van der Waals surface area (Å²) in [7, 11) is 0. The van der Waals surface area contributed by atoms with Gasteiger partial charge in [-0.25, -0.2) is 0 Å². The third-order valence-corrected chi connectivity index (χ3v) is 3.81. The summed E-state index contributed by atoms with van der Waals surface area (Å²) in [5.41, 5.74) is 7.68. The Kier molecular flexibility index (Phi) is 3.90. The highest BCUT2D eigenvalue weighted by Crippen LogP contribution is 2.49. The van der Waals surface area contributed by atoms with Crippen LogP contribution in [0, 0.1) is 19.3 Å². The molecule has 1 aliphatic rings. The van der Waals surface area contributed by atoms with Gasteiger partial charge in [0.05, 0.1) is 6.61 Å². The Hall–Kier alpha value is -1.42. The summed E-state index contributed by atoms with van der Waals surface area (Å²) in [6, 6.07) is 3.79. The Bertz CT molecular complexity index is 487. The Balaban J connectivity index is 2.04. The maximum absolute atomic E-state index is 8.64. The Morgan fingerprint density at radius 3 is 2.47 bits per heavy atom. The van der Waals surface area contributed by atoms with Crippen LogP contribution < -0.4 is 10.5 Å². The lowest BCUT2D eigenvalue weighted by atomic mass is 10.0. The van der Waals surface area contributed by atoms with Gasteiger partial charge in [-0.2, -0.15) is 0 Å². The number of hydrogen-bond acceptors (Lipinski definition) is 3. The fraction of sp³-hybridized carbons (Fsp3) is 0.500. The highest BCUT2D eigenvalue weighted by Gasteiger charge is 2.44. The van der Waals surface area contributed by atoms with E-state index in [9.17, 15) is 0 Å². The quantitative estimate of drug-likeness (QED) is 0.377. The fourth-order valence-corrected chi connectivity index (χ4v) is 2.65. The minimum atomic E-state index is 0.0365. The maximum atomic E-state index is 8.64. The van der Waals surface area contributed by atoms with Crippen LogP contribution in [-0.2, 0) is 0 Å². The summed E-state index contributed by atoms with van der Waals surface area (Å²) >= 11 is 6.00. The normalized spacial score (nSPS) is 17.3. The molecular weight excluding hydrogens is 264 g/mol. The van der Waals surface area contributed by atoms with Gasteiger partial charge in [0.1, 0.15) is 11.6 Å². The van der Waals surface area contributed by atoms with Crippen molar-refractivity contribution in [1.29, 1.82) is 0 Å². The molecule has 0 unspecified atom stereocenters. The third kappa shape index (κ3) is 3.32. The molecule has 104 valence electrons. The van der Waals surface area contributed by atoms with Gasteiger partial charge in [0.2, 0.25) is 0 Å². The predicted octanol–water partition coefficient (Wildman–Crippen LogP) is 3.25. The number of halogens is 1. The lowest BCUT2D eigenvalue weighted by Gasteiger charge is -2.18. The van der Waals surface area contributed by atoms with E-state index in [1.54, 1.807) is 0 Å². The number of benzene rings is 1. The topological polar surface area (TPSA) is 67.8 Å². The molecule has 19 heavy (non-hydrogen) atoms. The number of amidine groups is 1. The second-order valence-corrected chi connectivity index (χ2v) is 5.86. The molecule has 0 amide bonds. The zero-order valence-corrected chi connectivity index (χ0v) is 12.0. The van der Waals surface area contributed by atoms with Crippen LogP contribution in [0.4, 0.5) is 0 Å². The molecule has 3 N–H and O–H groups in total. The van der Waals surface area contributed by atoms with Crippen molar-refractivity contribution in [3.05, 3.63) is 28.3 Å². The summed E-state index contributed by atoms with van der Waals surface area (Å²) in [6.45, 7) is 4.56. The molecule has 1 aromatic rings. The van der Waals surface area contributed by atoms with E-state index in [2.05, 4.69) is 5.16 Å². The summed E-state index contributed by atoms with van der Waals surface area (Å²) in [5.74, 6) is 1.15. The number of nitrogens with zero attached hydrogens (tertiary/aromatic N) is 1. The average molecular weight is 283 g/mol. The average Bonchev–Trinajstić information content (AvgIpc) is 3.07. The molecule has 0 heterocycles. The first-order valence-corrected chi connectivity index (χ1v) is 6.69. The molecule has 0 saturated heterocycles. The highest BCUT2D eigenvalue weighted by molar-refractivity contribution is 6.30. The molecule has 2 rings (SSSR count). The van der Waals surface area contributed by atoms with Gasteiger partial charge in [0.15, 0.2) is 0 Å². The monoisotopic (exact) mass is 282 g/mol. The second kappa shape index (κ2) is 5.29. The maximum Gasteiger partial charge on any atom is 0.139 e. The summed E-state index contributed by atoms with van der Waals surface area (Å²) in [5, 5.41) is 12.4. The zero-order valence-electron chi connectivity index (χ0n) is 11.2. The number of nitrogens with two attached hydrogens (primary N) is 1. The van der Waals surface area contributed by atoms with Crippen LogP contribution in [0.15, 0.2) is 17.3 Å². The smallest absolute Gasteiger partial charge is 0.139 e. The van der Waals surface area contributed by atoms with Crippen molar-refractivity contribution in [3.63, 3.8) is 0 Å². The SMILES string of the molecule is Cc1cc(Cl)cc(C)c1OCC1(CC(N)=NO)CC1. The number of ether oxygens (including phenoxy) is 1. The summed E-state index contributed by atoms with van der Waals surface area (Å²) in [6.07, 6.45) is 2.68. The number of hydrogen-bond donors (Lipinski definition) is 2. The molecule has 1 saturated carbocycles. The molecule has 0 aliphatic heterocycles. The van der Waals surface area contributed by atoms with Gasteiger partial charge in [0.25, 0.3) is 0 Å². The van der Waals surface area contributed by atoms with E-state index in [-0.39, 0.29) is 11.3 Å². The van der Waals surface area contributed by atoms with Crippen LogP contribution in [0.5, 0.6) is 5.75 Å².